The Morgan fingerprint density at radius 3 is 2.71 bits per heavy atom. The van der Waals surface area contributed by atoms with E-state index in [1.165, 1.54) is 0 Å². The minimum atomic E-state index is 0.0122. The zero-order valence-electron chi connectivity index (χ0n) is 19.0. The van der Waals surface area contributed by atoms with Crippen LogP contribution in [0.5, 0.6) is 11.5 Å². The predicted octanol–water partition coefficient (Wildman–Crippen LogP) is 5.69. The largest absolute Gasteiger partial charge is 0.497 e. The molecule has 0 aliphatic carbocycles. The third-order valence-corrected chi connectivity index (χ3v) is 6.37. The fourth-order valence-electron chi connectivity index (χ4n) is 4.52. The zero-order chi connectivity index (χ0) is 23.5. The van der Waals surface area contributed by atoms with Gasteiger partial charge in [0.2, 0.25) is 5.91 Å². The molecule has 3 aromatic carbocycles. The summed E-state index contributed by atoms with van der Waals surface area (Å²) in [7, 11) is 1.64. The Morgan fingerprint density at radius 1 is 1.03 bits per heavy atom. The summed E-state index contributed by atoms with van der Waals surface area (Å²) >= 11 is 6.16. The first kappa shape index (κ1) is 22.3. The molecular weight excluding hydrogens is 450 g/mol. The molecule has 2 heterocycles. The van der Waals surface area contributed by atoms with Crippen molar-refractivity contribution in [3.63, 3.8) is 0 Å². The Balaban J connectivity index is 1.33. The van der Waals surface area contributed by atoms with Gasteiger partial charge in [-0.25, -0.2) is 4.98 Å². The second-order valence-corrected chi connectivity index (χ2v) is 8.81. The van der Waals surface area contributed by atoms with Crippen molar-refractivity contribution in [1.82, 2.24) is 9.55 Å². The van der Waals surface area contributed by atoms with Gasteiger partial charge < -0.3 is 18.9 Å². The van der Waals surface area contributed by atoms with E-state index in [-0.39, 0.29) is 11.8 Å². The summed E-state index contributed by atoms with van der Waals surface area (Å²) in [4.78, 5) is 19.6. The van der Waals surface area contributed by atoms with Crippen LogP contribution in [0.2, 0.25) is 5.02 Å². The summed E-state index contributed by atoms with van der Waals surface area (Å²) in [6.45, 7) is 1.90. The number of fused-ring (bicyclic) bond motifs is 1. The van der Waals surface area contributed by atoms with E-state index in [1.807, 2.05) is 71.6 Å². The molecule has 1 amide bonds. The van der Waals surface area contributed by atoms with Gasteiger partial charge in [0.1, 0.15) is 17.3 Å². The van der Waals surface area contributed by atoms with E-state index in [1.54, 1.807) is 7.11 Å². The number of anilines is 1. The Morgan fingerprint density at radius 2 is 1.85 bits per heavy atom. The number of halogens is 1. The number of amides is 1. The maximum Gasteiger partial charge on any atom is 0.227 e. The number of benzene rings is 3. The van der Waals surface area contributed by atoms with Gasteiger partial charge in [-0.15, -0.1) is 0 Å². The Hall–Kier alpha value is -3.51. The van der Waals surface area contributed by atoms with Gasteiger partial charge in [-0.2, -0.15) is 0 Å². The molecule has 1 aliphatic rings. The number of para-hydroxylation sites is 2. The van der Waals surface area contributed by atoms with Crippen LogP contribution in [0.4, 0.5) is 5.69 Å². The number of aryl methyl sites for hydroxylation is 1. The number of rotatable bonds is 8. The van der Waals surface area contributed by atoms with Crippen molar-refractivity contribution in [2.75, 3.05) is 25.2 Å². The van der Waals surface area contributed by atoms with Gasteiger partial charge in [0.25, 0.3) is 0 Å². The second-order valence-electron chi connectivity index (χ2n) is 8.38. The molecule has 0 N–H and O–H groups in total. The Bertz CT molecular complexity index is 1320. The molecule has 0 saturated carbocycles. The topological polar surface area (TPSA) is 56.6 Å². The quantitative estimate of drug-likeness (QED) is 0.307. The van der Waals surface area contributed by atoms with E-state index in [0.29, 0.717) is 24.6 Å². The normalized spacial score (nSPS) is 15.8. The van der Waals surface area contributed by atoms with Crippen LogP contribution in [0.3, 0.4) is 0 Å². The monoisotopic (exact) mass is 475 g/mol. The average Bonchev–Trinajstić information content (AvgIpc) is 3.42. The van der Waals surface area contributed by atoms with Crippen LogP contribution < -0.4 is 14.4 Å². The molecule has 1 aromatic heterocycles. The van der Waals surface area contributed by atoms with Crippen LogP contribution in [0.1, 0.15) is 24.6 Å². The third kappa shape index (κ3) is 4.59. The molecule has 1 saturated heterocycles. The van der Waals surface area contributed by atoms with Gasteiger partial charge in [-0.3, -0.25) is 4.79 Å². The maximum absolute atomic E-state index is 12.9. The van der Waals surface area contributed by atoms with Gasteiger partial charge in [0, 0.05) is 42.2 Å². The standard InChI is InChI=1S/C27H26ClN3O3/c1-33-22-9-5-10-23(17-22)34-14-6-13-30-25-12-3-2-11-24(25)29-27(30)19-15-26(32)31(18-19)21-8-4-7-20(28)16-21/h2-5,7-12,16-17,19H,6,13-15,18H2,1H3. The molecule has 5 rings (SSSR count). The lowest BCUT2D eigenvalue weighted by Gasteiger charge is -2.18. The predicted molar refractivity (Wildman–Crippen MR) is 134 cm³/mol. The van der Waals surface area contributed by atoms with Crippen molar-refractivity contribution in [2.45, 2.75) is 25.3 Å². The van der Waals surface area contributed by atoms with Gasteiger partial charge in [-0.05, 0) is 48.9 Å². The van der Waals surface area contributed by atoms with Crippen molar-refractivity contribution in [2.24, 2.45) is 0 Å². The summed E-state index contributed by atoms with van der Waals surface area (Å²) in [5.41, 5.74) is 2.85. The smallest absolute Gasteiger partial charge is 0.227 e. The van der Waals surface area contributed by atoms with Crippen LogP contribution in [0.25, 0.3) is 11.0 Å². The summed E-state index contributed by atoms with van der Waals surface area (Å²) in [6.07, 6.45) is 1.24. The van der Waals surface area contributed by atoms with Gasteiger partial charge in [0.15, 0.2) is 0 Å². The van der Waals surface area contributed by atoms with E-state index in [0.717, 1.165) is 47.0 Å². The number of imidazole rings is 1. The minimum Gasteiger partial charge on any atom is -0.497 e. The number of nitrogens with zero attached hydrogens (tertiary/aromatic N) is 3. The molecule has 1 atom stereocenters. The number of methoxy groups -OCH3 is 1. The fraction of sp³-hybridized carbons (Fsp3) is 0.259. The number of aromatic nitrogens is 2. The SMILES string of the molecule is COc1cccc(OCCCn2c(C3CC(=O)N(c4cccc(Cl)c4)C3)nc3ccccc32)c1. The van der Waals surface area contributed by atoms with Crippen LogP contribution in [0, 0.1) is 0 Å². The molecule has 4 aromatic rings. The number of hydrogen-bond donors (Lipinski definition) is 0. The van der Waals surface area contributed by atoms with E-state index in [4.69, 9.17) is 26.1 Å². The number of carbonyl (C=O) groups excluding carboxylic acids is 1. The number of hydrogen-bond acceptors (Lipinski definition) is 4. The highest BCUT2D eigenvalue weighted by Gasteiger charge is 2.34. The highest BCUT2D eigenvalue weighted by Crippen LogP contribution is 2.34. The van der Waals surface area contributed by atoms with E-state index in [2.05, 4.69) is 10.6 Å². The summed E-state index contributed by atoms with van der Waals surface area (Å²) in [6, 6.07) is 23.2. The molecule has 1 aliphatic heterocycles. The first-order valence-corrected chi connectivity index (χ1v) is 11.8. The molecule has 1 unspecified atom stereocenters. The van der Waals surface area contributed by atoms with E-state index in [9.17, 15) is 4.79 Å². The van der Waals surface area contributed by atoms with Crippen molar-refractivity contribution < 1.29 is 14.3 Å². The second kappa shape index (κ2) is 9.77. The molecule has 174 valence electrons. The van der Waals surface area contributed by atoms with Gasteiger partial charge in [-0.1, -0.05) is 35.9 Å². The van der Waals surface area contributed by atoms with Crippen LogP contribution in [-0.2, 0) is 11.3 Å². The molecule has 34 heavy (non-hydrogen) atoms. The molecule has 0 radical (unpaired) electrons. The van der Waals surface area contributed by atoms with Gasteiger partial charge in [0.05, 0.1) is 24.8 Å². The molecular formula is C27H26ClN3O3. The van der Waals surface area contributed by atoms with Crippen molar-refractivity contribution in [1.29, 1.82) is 0 Å². The lowest BCUT2D eigenvalue weighted by molar-refractivity contribution is -0.117. The van der Waals surface area contributed by atoms with Crippen LogP contribution in [-0.4, -0.2) is 35.7 Å². The number of carbonyl (C=O) groups is 1. The molecule has 0 bridgehead atoms. The average molecular weight is 476 g/mol. The number of ether oxygens (including phenoxy) is 2. The van der Waals surface area contributed by atoms with E-state index < -0.39 is 0 Å². The summed E-state index contributed by atoms with van der Waals surface area (Å²) in [5, 5.41) is 0.622. The minimum absolute atomic E-state index is 0.0122. The zero-order valence-corrected chi connectivity index (χ0v) is 19.7. The maximum atomic E-state index is 12.9. The molecule has 1 fully saturated rings. The van der Waals surface area contributed by atoms with Crippen LogP contribution in [0.15, 0.2) is 72.8 Å². The summed E-state index contributed by atoms with van der Waals surface area (Å²) in [5.74, 6) is 2.61. The molecule has 0 spiro atoms. The Labute approximate surface area is 203 Å². The first-order chi connectivity index (χ1) is 16.6. The molecule has 7 heteroatoms. The Kier molecular flexibility index (Phi) is 6.41. The molecule has 6 nitrogen and oxygen atoms in total. The highest BCUT2D eigenvalue weighted by atomic mass is 35.5. The van der Waals surface area contributed by atoms with Gasteiger partial charge >= 0.3 is 0 Å². The summed E-state index contributed by atoms with van der Waals surface area (Å²) < 4.78 is 13.4. The lowest BCUT2D eigenvalue weighted by Crippen LogP contribution is -2.24. The lowest BCUT2D eigenvalue weighted by atomic mass is 10.1. The van der Waals surface area contributed by atoms with E-state index >= 15 is 0 Å². The third-order valence-electron chi connectivity index (χ3n) is 6.13. The van der Waals surface area contributed by atoms with Crippen molar-refractivity contribution >= 4 is 34.2 Å². The fourth-order valence-corrected chi connectivity index (χ4v) is 4.70. The first-order valence-electron chi connectivity index (χ1n) is 11.4. The van der Waals surface area contributed by atoms with Crippen molar-refractivity contribution in [3.8, 4) is 11.5 Å². The van der Waals surface area contributed by atoms with Crippen molar-refractivity contribution in [3.05, 3.63) is 83.6 Å². The highest BCUT2D eigenvalue weighted by molar-refractivity contribution is 6.30. The van der Waals surface area contributed by atoms with Crippen LogP contribution >= 0.6 is 11.6 Å².